The minimum atomic E-state index is -0.139. The number of allylic oxidation sites excluding steroid dienone is 3. The predicted octanol–water partition coefficient (Wildman–Crippen LogP) is 4.61. The van der Waals surface area contributed by atoms with Crippen molar-refractivity contribution < 1.29 is 9.63 Å². The van der Waals surface area contributed by atoms with Crippen molar-refractivity contribution in [2.24, 2.45) is 0 Å². The second-order valence-electron chi connectivity index (χ2n) is 4.67. The smallest absolute Gasteiger partial charge is 0.0693 e. The van der Waals surface area contributed by atoms with Gasteiger partial charge in [0.1, 0.15) is 0 Å². The van der Waals surface area contributed by atoms with E-state index in [1.54, 1.807) is 0 Å². The fourth-order valence-corrected chi connectivity index (χ4v) is 2.05. The summed E-state index contributed by atoms with van der Waals surface area (Å²) < 4.78 is 5.28. The van der Waals surface area contributed by atoms with E-state index < -0.39 is 0 Å². The molecule has 0 rings (SSSR count). The summed E-state index contributed by atoms with van der Waals surface area (Å²) >= 11 is 0. The van der Waals surface area contributed by atoms with Crippen LogP contribution < -0.4 is 0 Å². The summed E-state index contributed by atoms with van der Waals surface area (Å²) in [5.41, 5.74) is 2.77. The van der Waals surface area contributed by atoms with Gasteiger partial charge in [0.25, 0.3) is 0 Å². The lowest BCUT2D eigenvalue weighted by atomic mass is 10.0. The Morgan fingerprint density at radius 2 is 1.94 bits per heavy atom. The summed E-state index contributed by atoms with van der Waals surface area (Å²) in [7, 11) is 3.07. The van der Waals surface area contributed by atoms with Gasteiger partial charge in [-0.1, -0.05) is 39.2 Å². The molecule has 18 heavy (non-hydrogen) atoms. The molecule has 4 heteroatoms. The lowest BCUT2D eigenvalue weighted by Crippen LogP contribution is -2.03. The third kappa shape index (κ3) is 11.4. The van der Waals surface area contributed by atoms with Crippen LogP contribution in [0.5, 0.6) is 0 Å². The maximum atomic E-state index is 9.49. The molecule has 0 amide bonds. The molecule has 0 aliphatic carbocycles. The van der Waals surface area contributed by atoms with Crippen LogP contribution in [0.25, 0.3) is 0 Å². The van der Waals surface area contributed by atoms with E-state index >= 15 is 0 Å². The van der Waals surface area contributed by atoms with Crippen molar-refractivity contribution in [1.29, 1.82) is 0 Å². The highest BCUT2D eigenvalue weighted by atomic mass is 32.0. The van der Waals surface area contributed by atoms with Crippen LogP contribution in [0.2, 0.25) is 0 Å². The van der Waals surface area contributed by atoms with Gasteiger partial charge in [0.15, 0.2) is 0 Å². The van der Waals surface area contributed by atoms with Crippen molar-refractivity contribution in [2.45, 2.75) is 59.0 Å². The zero-order valence-electron chi connectivity index (χ0n) is 11.9. The van der Waals surface area contributed by atoms with Gasteiger partial charge in [-0.25, -0.2) is 0 Å². The molecule has 0 aromatic carbocycles. The molecule has 0 aromatic rings. The van der Waals surface area contributed by atoms with Crippen LogP contribution in [0.3, 0.4) is 0 Å². The molecule has 0 aromatic heterocycles. The van der Waals surface area contributed by atoms with Gasteiger partial charge in [-0.15, -0.1) is 0 Å². The van der Waals surface area contributed by atoms with Crippen LogP contribution >= 0.6 is 17.4 Å². The molecule has 0 bridgehead atoms. The average molecular weight is 290 g/mol. The topological polar surface area (TPSA) is 29.5 Å². The molecule has 0 radical (unpaired) electrons. The summed E-state index contributed by atoms with van der Waals surface area (Å²) in [6.07, 6.45) is 9.23. The van der Waals surface area contributed by atoms with Gasteiger partial charge in [0.05, 0.1) is 12.7 Å². The molecular formula is C14H28O2P2. The van der Waals surface area contributed by atoms with E-state index in [1.165, 1.54) is 11.1 Å². The molecule has 0 aliphatic heterocycles. The maximum absolute atomic E-state index is 9.49. The van der Waals surface area contributed by atoms with Crippen LogP contribution in [-0.2, 0) is 4.52 Å². The van der Waals surface area contributed by atoms with E-state index in [2.05, 4.69) is 34.9 Å². The monoisotopic (exact) mass is 290 g/mol. The highest BCUT2D eigenvalue weighted by molar-refractivity contribution is 8.00. The number of hydrogen-bond acceptors (Lipinski definition) is 2. The van der Waals surface area contributed by atoms with E-state index in [0.29, 0.717) is 8.50 Å². The lowest BCUT2D eigenvalue weighted by Gasteiger charge is -2.07. The Bertz CT molecular complexity index is 263. The summed E-state index contributed by atoms with van der Waals surface area (Å²) in [4.78, 5) is 0. The molecule has 0 saturated carbocycles. The van der Waals surface area contributed by atoms with Crippen molar-refractivity contribution >= 4 is 17.4 Å². The molecule has 3 atom stereocenters. The van der Waals surface area contributed by atoms with Crippen LogP contribution in [0, 0.1) is 0 Å². The van der Waals surface area contributed by atoms with Gasteiger partial charge in [0.2, 0.25) is 0 Å². The summed E-state index contributed by atoms with van der Waals surface area (Å²) in [5.74, 6) is 0. The molecule has 0 heterocycles. The molecule has 0 spiro atoms. The van der Waals surface area contributed by atoms with Crippen molar-refractivity contribution in [3.05, 3.63) is 23.3 Å². The molecular weight excluding hydrogens is 262 g/mol. The Kier molecular flexibility index (Phi) is 12.5. The zero-order valence-corrected chi connectivity index (χ0v) is 14.1. The maximum Gasteiger partial charge on any atom is 0.0693 e. The Morgan fingerprint density at radius 3 is 2.56 bits per heavy atom. The van der Waals surface area contributed by atoms with Gasteiger partial charge >= 0.3 is 0 Å². The Hall–Kier alpha value is 0.260. The quantitative estimate of drug-likeness (QED) is 0.361. The number of aliphatic hydroxyl groups is 1. The molecule has 0 saturated heterocycles. The molecule has 0 aliphatic rings. The van der Waals surface area contributed by atoms with Crippen LogP contribution in [0.4, 0.5) is 0 Å². The number of aliphatic hydroxyl groups excluding tert-OH is 1. The zero-order chi connectivity index (χ0) is 13.8. The minimum Gasteiger partial charge on any atom is -0.393 e. The second-order valence-corrected chi connectivity index (χ2v) is 5.90. The van der Waals surface area contributed by atoms with E-state index in [0.717, 1.165) is 38.7 Å². The largest absolute Gasteiger partial charge is 0.393 e. The average Bonchev–Trinajstić information content (AvgIpc) is 2.36. The molecule has 106 valence electrons. The van der Waals surface area contributed by atoms with Crippen LogP contribution in [0.1, 0.15) is 52.9 Å². The molecule has 0 fully saturated rings. The van der Waals surface area contributed by atoms with Crippen molar-refractivity contribution in [3.63, 3.8) is 0 Å². The van der Waals surface area contributed by atoms with Gasteiger partial charge in [0, 0.05) is 8.50 Å². The van der Waals surface area contributed by atoms with E-state index in [9.17, 15) is 5.11 Å². The molecule has 3 unspecified atom stereocenters. The van der Waals surface area contributed by atoms with Crippen LogP contribution in [-0.4, -0.2) is 17.8 Å². The fourth-order valence-electron chi connectivity index (χ4n) is 1.58. The van der Waals surface area contributed by atoms with Crippen molar-refractivity contribution in [1.82, 2.24) is 0 Å². The first-order chi connectivity index (χ1) is 8.60. The van der Waals surface area contributed by atoms with Gasteiger partial charge < -0.3 is 9.63 Å². The summed E-state index contributed by atoms with van der Waals surface area (Å²) in [6, 6.07) is 0. The van der Waals surface area contributed by atoms with Gasteiger partial charge in [-0.05, 0) is 46.0 Å². The SMILES string of the molecule is CCC(O)CC/C(C)=C/CC/C(C)=C/COPP. The minimum absolute atomic E-state index is 0.139. The van der Waals surface area contributed by atoms with Crippen molar-refractivity contribution in [3.8, 4) is 0 Å². The third-order valence-electron chi connectivity index (χ3n) is 2.97. The first-order valence-corrected chi connectivity index (χ1v) is 9.38. The van der Waals surface area contributed by atoms with Crippen LogP contribution in [0.15, 0.2) is 23.3 Å². The van der Waals surface area contributed by atoms with Gasteiger partial charge in [-0.2, -0.15) is 0 Å². The summed E-state index contributed by atoms with van der Waals surface area (Å²) in [5, 5.41) is 9.49. The lowest BCUT2D eigenvalue weighted by molar-refractivity contribution is 0.160. The standard InChI is InChI=1S/C14H28O2P2/c1-4-14(15)9-8-12(2)6-5-7-13(3)10-11-16-18-17/h6,10,14-15,18H,4-5,7-9,11,17H2,1-3H3/b12-6+,13-10+. The second kappa shape index (κ2) is 12.3. The molecule has 1 N–H and O–H groups in total. The predicted molar refractivity (Wildman–Crippen MR) is 86.3 cm³/mol. The van der Waals surface area contributed by atoms with E-state index in [4.69, 9.17) is 4.52 Å². The van der Waals surface area contributed by atoms with E-state index in [1.807, 2.05) is 6.92 Å². The Labute approximate surface area is 116 Å². The summed E-state index contributed by atoms with van der Waals surface area (Å²) in [6.45, 7) is 7.05. The molecule has 2 nitrogen and oxygen atoms in total. The normalized spacial score (nSPS) is 15.6. The first kappa shape index (κ1) is 18.3. The Morgan fingerprint density at radius 1 is 1.28 bits per heavy atom. The first-order valence-electron chi connectivity index (χ1n) is 6.66. The highest BCUT2D eigenvalue weighted by Crippen LogP contribution is 2.21. The Balaban J connectivity index is 3.75. The number of rotatable bonds is 10. The highest BCUT2D eigenvalue weighted by Gasteiger charge is 2.00. The van der Waals surface area contributed by atoms with Crippen molar-refractivity contribution in [2.75, 3.05) is 6.61 Å². The third-order valence-corrected chi connectivity index (χ3v) is 3.81. The number of hydrogen-bond donors (Lipinski definition) is 1. The van der Waals surface area contributed by atoms with Gasteiger partial charge in [-0.3, -0.25) is 0 Å². The van der Waals surface area contributed by atoms with E-state index in [-0.39, 0.29) is 6.10 Å². The fraction of sp³-hybridized carbons (Fsp3) is 0.714.